The molecule has 2 unspecified atom stereocenters. The first-order valence-corrected chi connectivity index (χ1v) is 13.1. The van der Waals surface area contributed by atoms with Crippen molar-refractivity contribution < 1.29 is 9.72 Å². The van der Waals surface area contributed by atoms with Crippen LogP contribution in [0.25, 0.3) is 10.9 Å². The highest BCUT2D eigenvalue weighted by Gasteiger charge is 2.32. The van der Waals surface area contributed by atoms with Gasteiger partial charge in [0.1, 0.15) is 0 Å². The van der Waals surface area contributed by atoms with E-state index >= 15 is 0 Å². The molecular formula is C31H32N4O3. The van der Waals surface area contributed by atoms with Crippen LogP contribution < -0.4 is 5.32 Å². The fraction of sp³-hybridized carbons (Fsp3) is 0.290. The number of amides is 1. The molecule has 1 aromatic heterocycles. The predicted octanol–water partition coefficient (Wildman–Crippen LogP) is 5.77. The fourth-order valence-electron chi connectivity index (χ4n) is 5.55. The lowest BCUT2D eigenvalue weighted by Crippen LogP contribution is -2.51. The molecule has 0 saturated carbocycles. The summed E-state index contributed by atoms with van der Waals surface area (Å²) in [7, 11) is 0. The van der Waals surface area contributed by atoms with Crippen LogP contribution in [-0.2, 0) is 13.0 Å². The first kappa shape index (κ1) is 25.5. The van der Waals surface area contributed by atoms with Crippen molar-refractivity contribution in [2.75, 3.05) is 6.54 Å². The second-order valence-electron chi connectivity index (χ2n) is 10.2. The summed E-state index contributed by atoms with van der Waals surface area (Å²) in [5.74, 6) is 0.0438. The Balaban J connectivity index is 1.35. The van der Waals surface area contributed by atoms with Crippen LogP contribution in [0, 0.1) is 24.0 Å². The van der Waals surface area contributed by atoms with Gasteiger partial charge >= 0.3 is 0 Å². The summed E-state index contributed by atoms with van der Waals surface area (Å²) < 4.78 is 0. The summed E-state index contributed by atoms with van der Waals surface area (Å²) in [6.07, 6.45) is 4.15. The Kier molecular flexibility index (Phi) is 7.47. The minimum Gasteiger partial charge on any atom is -0.335 e. The largest absolute Gasteiger partial charge is 0.335 e. The Morgan fingerprint density at radius 2 is 1.79 bits per heavy atom. The van der Waals surface area contributed by atoms with E-state index in [2.05, 4.69) is 28.5 Å². The lowest BCUT2D eigenvalue weighted by Gasteiger charge is -2.40. The predicted molar refractivity (Wildman–Crippen MR) is 149 cm³/mol. The quantitative estimate of drug-likeness (QED) is 0.253. The standard InChI is InChI=1S/C31H32N4O3/c1-21-15-22(2)17-25(16-21)31(36)34-14-12-26(19-28(34)18-23-7-9-27(10-8-23)35(37)38)33-20-24-11-13-32-30-6-4-3-5-29(24)30/h3-11,13,15-17,26,28,33H,12,14,18-20H2,1-2H3. The summed E-state index contributed by atoms with van der Waals surface area (Å²) in [6, 6.07) is 23.1. The number of para-hydroxylation sites is 1. The van der Waals surface area contributed by atoms with Crippen LogP contribution in [0.2, 0.25) is 0 Å². The van der Waals surface area contributed by atoms with Crippen molar-refractivity contribution in [1.29, 1.82) is 0 Å². The molecule has 1 aliphatic rings. The van der Waals surface area contributed by atoms with Crippen molar-refractivity contribution in [3.63, 3.8) is 0 Å². The molecule has 0 radical (unpaired) electrons. The van der Waals surface area contributed by atoms with E-state index in [1.807, 2.05) is 55.3 Å². The molecule has 0 bridgehead atoms. The number of likely N-dealkylation sites (tertiary alicyclic amines) is 1. The van der Waals surface area contributed by atoms with E-state index in [9.17, 15) is 14.9 Å². The van der Waals surface area contributed by atoms with Crippen molar-refractivity contribution in [3.05, 3.63) is 117 Å². The van der Waals surface area contributed by atoms with Crippen LogP contribution in [0.4, 0.5) is 5.69 Å². The fourth-order valence-corrected chi connectivity index (χ4v) is 5.55. The third-order valence-corrected chi connectivity index (χ3v) is 7.38. The molecule has 2 heterocycles. The number of nitrogens with zero attached hydrogens (tertiary/aromatic N) is 3. The highest BCUT2D eigenvalue weighted by Crippen LogP contribution is 2.26. The number of non-ortho nitro benzene ring substituents is 1. The summed E-state index contributed by atoms with van der Waals surface area (Å²) in [6.45, 7) is 5.40. The molecule has 1 saturated heterocycles. The third kappa shape index (κ3) is 5.73. The number of benzene rings is 3. The molecule has 5 rings (SSSR count). The van der Waals surface area contributed by atoms with Crippen LogP contribution in [-0.4, -0.2) is 39.3 Å². The van der Waals surface area contributed by atoms with Gasteiger partial charge in [-0.05, 0) is 68.5 Å². The number of hydrogen-bond acceptors (Lipinski definition) is 5. The molecule has 4 aromatic rings. The zero-order valence-corrected chi connectivity index (χ0v) is 21.8. The van der Waals surface area contributed by atoms with Crippen LogP contribution in [0.1, 0.15) is 45.5 Å². The van der Waals surface area contributed by atoms with Gasteiger partial charge < -0.3 is 10.2 Å². The van der Waals surface area contributed by atoms with Crippen molar-refractivity contribution in [2.45, 2.75) is 51.7 Å². The van der Waals surface area contributed by atoms with E-state index in [1.54, 1.807) is 24.3 Å². The number of piperidine rings is 1. The average Bonchev–Trinajstić information content (AvgIpc) is 2.91. The maximum absolute atomic E-state index is 13.7. The van der Waals surface area contributed by atoms with Gasteiger partial charge in [-0.15, -0.1) is 0 Å². The number of carbonyl (C=O) groups is 1. The Hall–Kier alpha value is -4.10. The highest BCUT2D eigenvalue weighted by atomic mass is 16.6. The van der Waals surface area contributed by atoms with E-state index < -0.39 is 0 Å². The Morgan fingerprint density at radius 1 is 1.05 bits per heavy atom. The molecule has 0 aliphatic carbocycles. The zero-order valence-electron chi connectivity index (χ0n) is 21.8. The highest BCUT2D eigenvalue weighted by molar-refractivity contribution is 5.95. The summed E-state index contributed by atoms with van der Waals surface area (Å²) in [4.78, 5) is 30.9. The lowest BCUT2D eigenvalue weighted by atomic mass is 9.91. The summed E-state index contributed by atoms with van der Waals surface area (Å²) >= 11 is 0. The first-order chi connectivity index (χ1) is 18.4. The van der Waals surface area contributed by atoms with Gasteiger partial charge in [-0.25, -0.2) is 0 Å². The maximum atomic E-state index is 13.7. The summed E-state index contributed by atoms with van der Waals surface area (Å²) in [5.41, 5.74) is 6.10. The SMILES string of the molecule is Cc1cc(C)cc(C(=O)N2CCC(NCc3ccnc4ccccc34)CC2Cc2ccc([N+](=O)[O-])cc2)c1. The van der Waals surface area contributed by atoms with Gasteiger partial charge in [0.15, 0.2) is 0 Å². The Bertz CT molecular complexity index is 1440. The van der Waals surface area contributed by atoms with Gasteiger partial charge in [0.25, 0.3) is 11.6 Å². The minimum absolute atomic E-state index is 0.0230. The van der Waals surface area contributed by atoms with Crippen molar-refractivity contribution >= 4 is 22.5 Å². The molecule has 7 heteroatoms. The van der Waals surface area contributed by atoms with Gasteiger partial charge in [-0.1, -0.05) is 47.5 Å². The van der Waals surface area contributed by atoms with E-state index in [1.165, 1.54) is 5.56 Å². The maximum Gasteiger partial charge on any atom is 0.269 e. The minimum atomic E-state index is -0.386. The number of carbonyl (C=O) groups excluding carboxylic acids is 1. The molecule has 0 spiro atoms. The molecule has 1 N–H and O–H groups in total. The number of pyridine rings is 1. The number of nitro benzene ring substituents is 1. The third-order valence-electron chi connectivity index (χ3n) is 7.38. The van der Waals surface area contributed by atoms with E-state index in [4.69, 9.17) is 0 Å². The number of nitrogens with one attached hydrogen (secondary N) is 1. The summed E-state index contributed by atoms with van der Waals surface area (Å²) in [5, 5.41) is 16.0. The van der Waals surface area contributed by atoms with Crippen LogP contribution in [0.3, 0.4) is 0 Å². The topological polar surface area (TPSA) is 88.4 Å². The molecule has 1 aliphatic heterocycles. The molecular weight excluding hydrogens is 476 g/mol. The van der Waals surface area contributed by atoms with Crippen LogP contribution in [0.5, 0.6) is 0 Å². The number of nitro groups is 1. The van der Waals surface area contributed by atoms with Crippen molar-refractivity contribution in [2.24, 2.45) is 0 Å². The van der Waals surface area contributed by atoms with E-state index in [0.717, 1.165) is 47.0 Å². The Labute approximate surface area is 222 Å². The number of hydrogen-bond donors (Lipinski definition) is 1. The average molecular weight is 509 g/mol. The van der Waals surface area contributed by atoms with Gasteiger partial charge in [-0.3, -0.25) is 19.9 Å². The number of fused-ring (bicyclic) bond motifs is 1. The molecule has 2 atom stereocenters. The van der Waals surface area contributed by atoms with Crippen LogP contribution >= 0.6 is 0 Å². The van der Waals surface area contributed by atoms with Gasteiger partial charge in [0, 0.05) is 54.5 Å². The van der Waals surface area contributed by atoms with E-state index in [0.29, 0.717) is 18.5 Å². The zero-order chi connectivity index (χ0) is 26.6. The molecule has 194 valence electrons. The molecule has 3 aromatic carbocycles. The van der Waals surface area contributed by atoms with Crippen LogP contribution in [0.15, 0.2) is 79.0 Å². The lowest BCUT2D eigenvalue weighted by molar-refractivity contribution is -0.384. The molecule has 1 fully saturated rings. The smallest absolute Gasteiger partial charge is 0.269 e. The van der Waals surface area contributed by atoms with Crippen molar-refractivity contribution in [1.82, 2.24) is 15.2 Å². The number of aromatic nitrogens is 1. The van der Waals surface area contributed by atoms with Gasteiger partial charge in [-0.2, -0.15) is 0 Å². The number of rotatable bonds is 7. The first-order valence-electron chi connectivity index (χ1n) is 13.1. The van der Waals surface area contributed by atoms with E-state index in [-0.39, 0.29) is 28.6 Å². The number of aryl methyl sites for hydroxylation is 2. The molecule has 7 nitrogen and oxygen atoms in total. The molecule has 1 amide bonds. The van der Waals surface area contributed by atoms with Crippen molar-refractivity contribution in [3.8, 4) is 0 Å². The molecule has 38 heavy (non-hydrogen) atoms. The monoisotopic (exact) mass is 508 g/mol. The van der Waals surface area contributed by atoms with Gasteiger partial charge in [0.2, 0.25) is 0 Å². The second kappa shape index (κ2) is 11.1. The van der Waals surface area contributed by atoms with Gasteiger partial charge in [0.05, 0.1) is 10.4 Å². The normalized spacial score (nSPS) is 17.5. The Morgan fingerprint density at radius 3 is 2.53 bits per heavy atom. The second-order valence-corrected chi connectivity index (χ2v) is 10.2.